The predicted octanol–water partition coefficient (Wildman–Crippen LogP) is 1.82. The maximum absolute atomic E-state index is 12.8. The number of thiophene rings is 1. The molecule has 0 radical (unpaired) electrons. The molecular weight excluding hydrogens is 402 g/mol. The second-order valence-corrected chi connectivity index (χ2v) is 8.89. The molecule has 1 aromatic carbocycles. The van der Waals surface area contributed by atoms with Crippen molar-refractivity contribution >= 4 is 35.0 Å². The third-order valence-electron chi connectivity index (χ3n) is 6.13. The average Bonchev–Trinajstić information content (AvgIpc) is 3.31. The molecule has 1 saturated heterocycles. The standard InChI is InChI=1S/C22H21N3O4S/c26-19(13-25-21(28)14-4-1-2-5-15(14)22(25)29)23-7-9-24(10-8-23)20(27)17-12-16(17)18-6-3-11-30-18/h1-6,11,16-17H,7-10,12-13H2. The van der Waals surface area contributed by atoms with Crippen LogP contribution in [0.4, 0.5) is 0 Å². The Morgan fingerprint density at radius 1 is 0.900 bits per heavy atom. The Balaban J connectivity index is 1.15. The van der Waals surface area contributed by atoms with Crippen LogP contribution < -0.4 is 0 Å². The summed E-state index contributed by atoms with van der Waals surface area (Å²) in [4.78, 5) is 56.1. The van der Waals surface area contributed by atoms with Crippen molar-refractivity contribution in [3.8, 4) is 0 Å². The van der Waals surface area contributed by atoms with Gasteiger partial charge in [-0.2, -0.15) is 0 Å². The van der Waals surface area contributed by atoms with E-state index in [0.717, 1.165) is 11.3 Å². The Hall–Kier alpha value is -3.00. The summed E-state index contributed by atoms with van der Waals surface area (Å²) in [6, 6.07) is 10.7. The van der Waals surface area contributed by atoms with Crippen LogP contribution in [-0.2, 0) is 9.59 Å². The van der Waals surface area contributed by atoms with Crippen LogP contribution in [0.15, 0.2) is 41.8 Å². The minimum Gasteiger partial charge on any atom is -0.339 e. The highest BCUT2D eigenvalue weighted by Crippen LogP contribution is 2.50. The summed E-state index contributed by atoms with van der Waals surface area (Å²) in [7, 11) is 0. The number of benzene rings is 1. The Morgan fingerprint density at radius 2 is 1.53 bits per heavy atom. The first kappa shape index (κ1) is 19.0. The number of piperazine rings is 1. The topological polar surface area (TPSA) is 78.0 Å². The molecule has 154 valence electrons. The van der Waals surface area contributed by atoms with Gasteiger partial charge in [-0.05, 0) is 30.0 Å². The molecule has 8 heteroatoms. The van der Waals surface area contributed by atoms with Crippen molar-refractivity contribution in [3.05, 3.63) is 57.8 Å². The molecule has 3 aliphatic rings. The molecule has 7 nitrogen and oxygen atoms in total. The summed E-state index contributed by atoms with van der Waals surface area (Å²) in [5, 5.41) is 2.04. The van der Waals surface area contributed by atoms with Crippen molar-refractivity contribution in [1.29, 1.82) is 0 Å². The van der Waals surface area contributed by atoms with Crippen molar-refractivity contribution in [2.75, 3.05) is 32.7 Å². The largest absolute Gasteiger partial charge is 0.339 e. The van der Waals surface area contributed by atoms with E-state index >= 15 is 0 Å². The Bertz CT molecular complexity index is 992. The van der Waals surface area contributed by atoms with E-state index in [1.54, 1.807) is 40.5 Å². The van der Waals surface area contributed by atoms with Gasteiger partial charge in [0, 0.05) is 42.9 Å². The van der Waals surface area contributed by atoms with Gasteiger partial charge < -0.3 is 9.80 Å². The average molecular weight is 423 g/mol. The lowest BCUT2D eigenvalue weighted by Gasteiger charge is -2.35. The van der Waals surface area contributed by atoms with E-state index in [1.165, 1.54) is 4.88 Å². The molecule has 1 aliphatic carbocycles. The molecule has 1 aromatic heterocycles. The number of nitrogens with zero attached hydrogens (tertiary/aromatic N) is 3. The highest BCUT2D eigenvalue weighted by atomic mass is 32.1. The minimum atomic E-state index is -0.425. The van der Waals surface area contributed by atoms with Crippen LogP contribution in [-0.4, -0.2) is 71.1 Å². The third-order valence-corrected chi connectivity index (χ3v) is 7.14. The highest BCUT2D eigenvalue weighted by Gasteiger charge is 2.47. The van der Waals surface area contributed by atoms with Crippen molar-refractivity contribution in [2.24, 2.45) is 5.92 Å². The molecule has 0 spiro atoms. The maximum Gasteiger partial charge on any atom is 0.262 e. The molecule has 1 saturated carbocycles. The number of rotatable bonds is 4. The number of carbonyl (C=O) groups excluding carboxylic acids is 4. The summed E-state index contributed by atoms with van der Waals surface area (Å²) in [6.45, 7) is 1.55. The molecule has 2 aromatic rings. The summed E-state index contributed by atoms with van der Waals surface area (Å²) in [6.07, 6.45) is 0.901. The molecule has 2 atom stereocenters. The van der Waals surface area contributed by atoms with E-state index < -0.39 is 11.8 Å². The van der Waals surface area contributed by atoms with E-state index in [2.05, 4.69) is 6.07 Å². The van der Waals surface area contributed by atoms with Gasteiger partial charge in [-0.25, -0.2) is 0 Å². The van der Waals surface area contributed by atoms with Crippen LogP contribution in [0.1, 0.15) is 37.9 Å². The quantitative estimate of drug-likeness (QED) is 0.703. The molecule has 2 fully saturated rings. The number of hydrogen-bond donors (Lipinski definition) is 0. The maximum atomic E-state index is 12.8. The monoisotopic (exact) mass is 423 g/mol. The number of carbonyl (C=O) groups is 4. The van der Waals surface area contributed by atoms with Crippen molar-refractivity contribution < 1.29 is 19.2 Å². The Morgan fingerprint density at radius 3 is 2.13 bits per heavy atom. The van der Waals surface area contributed by atoms with Gasteiger partial charge in [-0.1, -0.05) is 18.2 Å². The van der Waals surface area contributed by atoms with Gasteiger partial charge in [0.25, 0.3) is 11.8 Å². The fourth-order valence-electron chi connectivity index (χ4n) is 4.31. The molecule has 2 unspecified atom stereocenters. The van der Waals surface area contributed by atoms with Gasteiger partial charge in [0.15, 0.2) is 0 Å². The Kier molecular flexibility index (Phi) is 4.66. The number of hydrogen-bond acceptors (Lipinski definition) is 5. The zero-order valence-corrected chi connectivity index (χ0v) is 17.1. The highest BCUT2D eigenvalue weighted by molar-refractivity contribution is 7.10. The molecular formula is C22H21N3O4S. The van der Waals surface area contributed by atoms with Gasteiger partial charge in [-0.15, -0.1) is 11.3 Å². The van der Waals surface area contributed by atoms with Gasteiger partial charge in [0.2, 0.25) is 11.8 Å². The SMILES string of the molecule is O=C(CN1C(=O)c2ccccc2C1=O)N1CCN(C(=O)C2CC2c2cccs2)CC1. The first-order valence-corrected chi connectivity index (χ1v) is 11.0. The molecule has 0 N–H and O–H groups in total. The smallest absolute Gasteiger partial charge is 0.262 e. The summed E-state index contributed by atoms with van der Waals surface area (Å²) in [5.41, 5.74) is 0.686. The van der Waals surface area contributed by atoms with Crippen LogP contribution in [0.5, 0.6) is 0 Å². The number of amides is 4. The number of fused-ring (bicyclic) bond motifs is 1. The van der Waals surface area contributed by atoms with Crippen molar-refractivity contribution in [2.45, 2.75) is 12.3 Å². The van der Waals surface area contributed by atoms with Crippen LogP contribution in [0.2, 0.25) is 0 Å². The molecule has 0 bridgehead atoms. The van der Waals surface area contributed by atoms with Crippen LogP contribution in [0.3, 0.4) is 0 Å². The van der Waals surface area contributed by atoms with E-state index in [4.69, 9.17) is 0 Å². The van der Waals surface area contributed by atoms with Gasteiger partial charge >= 0.3 is 0 Å². The summed E-state index contributed by atoms with van der Waals surface area (Å²) in [5.74, 6) is -0.548. The summed E-state index contributed by atoms with van der Waals surface area (Å²) < 4.78 is 0. The fraction of sp³-hybridized carbons (Fsp3) is 0.364. The van der Waals surface area contributed by atoms with Crippen molar-refractivity contribution in [3.63, 3.8) is 0 Å². The van der Waals surface area contributed by atoms with Gasteiger partial charge in [0.1, 0.15) is 6.54 Å². The first-order chi connectivity index (χ1) is 14.5. The Labute approximate surface area is 177 Å². The number of imide groups is 1. The molecule has 30 heavy (non-hydrogen) atoms. The normalized spacial score (nSPS) is 23.0. The lowest BCUT2D eigenvalue weighted by molar-refractivity contribution is -0.140. The van der Waals surface area contributed by atoms with E-state index in [0.29, 0.717) is 43.2 Å². The second-order valence-electron chi connectivity index (χ2n) is 7.91. The summed E-state index contributed by atoms with van der Waals surface area (Å²) >= 11 is 1.69. The van der Waals surface area contributed by atoms with Crippen LogP contribution in [0, 0.1) is 5.92 Å². The predicted molar refractivity (Wildman–Crippen MR) is 110 cm³/mol. The lowest BCUT2D eigenvalue weighted by Crippen LogP contribution is -2.53. The van der Waals surface area contributed by atoms with E-state index in [9.17, 15) is 19.2 Å². The van der Waals surface area contributed by atoms with Gasteiger partial charge in [-0.3, -0.25) is 24.1 Å². The molecule has 4 amide bonds. The third kappa shape index (κ3) is 3.21. The van der Waals surface area contributed by atoms with Crippen molar-refractivity contribution in [1.82, 2.24) is 14.7 Å². The van der Waals surface area contributed by atoms with E-state index in [1.807, 2.05) is 16.3 Å². The molecule has 5 rings (SSSR count). The van der Waals surface area contributed by atoms with E-state index in [-0.39, 0.29) is 24.3 Å². The zero-order valence-electron chi connectivity index (χ0n) is 16.3. The van der Waals surface area contributed by atoms with Crippen LogP contribution in [0.25, 0.3) is 0 Å². The molecule has 3 heterocycles. The van der Waals surface area contributed by atoms with Crippen LogP contribution >= 0.6 is 11.3 Å². The fourth-order valence-corrected chi connectivity index (χ4v) is 5.22. The molecule has 2 aliphatic heterocycles. The zero-order chi connectivity index (χ0) is 20.8. The first-order valence-electron chi connectivity index (χ1n) is 10.1. The lowest BCUT2D eigenvalue weighted by atomic mass is 10.1. The minimum absolute atomic E-state index is 0.0595. The van der Waals surface area contributed by atoms with Gasteiger partial charge in [0.05, 0.1) is 11.1 Å². The second kappa shape index (κ2) is 7.36.